The summed E-state index contributed by atoms with van der Waals surface area (Å²) in [5, 5.41) is 3.63. The Hall–Kier alpha value is -0.300. The Kier molecular flexibility index (Phi) is 3.20. The predicted molar refractivity (Wildman–Crippen MR) is 65.9 cm³/mol. The molecular weight excluding hydrogens is 182 g/mol. The minimum absolute atomic E-state index is 0.525. The first-order chi connectivity index (χ1) is 7.09. The van der Waals surface area contributed by atoms with Gasteiger partial charge in [0.2, 0.25) is 0 Å². The highest BCUT2D eigenvalue weighted by Crippen LogP contribution is 2.39. The highest BCUT2D eigenvalue weighted by atomic mass is 14.9. The van der Waals surface area contributed by atoms with Gasteiger partial charge in [0.15, 0.2) is 0 Å². The molecule has 2 aliphatic rings. The third kappa shape index (κ3) is 2.44. The van der Waals surface area contributed by atoms with Crippen LogP contribution in [0.2, 0.25) is 0 Å². The summed E-state index contributed by atoms with van der Waals surface area (Å²) < 4.78 is 0. The quantitative estimate of drug-likeness (QED) is 0.649. The lowest BCUT2D eigenvalue weighted by Crippen LogP contribution is -2.24. The summed E-state index contributed by atoms with van der Waals surface area (Å²) in [6, 6.07) is 0.714. The molecule has 1 aliphatic carbocycles. The molecule has 0 radical (unpaired) electrons. The van der Waals surface area contributed by atoms with E-state index in [0.29, 0.717) is 11.5 Å². The van der Waals surface area contributed by atoms with Crippen molar-refractivity contribution in [2.75, 3.05) is 6.54 Å². The van der Waals surface area contributed by atoms with Crippen LogP contribution in [0.4, 0.5) is 0 Å². The van der Waals surface area contributed by atoms with Crippen LogP contribution in [0.15, 0.2) is 11.6 Å². The van der Waals surface area contributed by atoms with Crippen molar-refractivity contribution >= 4 is 0 Å². The second kappa shape index (κ2) is 4.29. The van der Waals surface area contributed by atoms with Gasteiger partial charge in [-0.1, -0.05) is 32.4 Å². The smallest absolute Gasteiger partial charge is 0.0279 e. The average Bonchev–Trinajstić information content (AvgIpc) is 2.66. The average molecular weight is 207 g/mol. The van der Waals surface area contributed by atoms with Crippen LogP contribution in [0.5, 0.6) is 0 Å². The van der Waals surface area contributed by atoms with Gasteiger partial charge in [-0.2, -0.15) is 0 Å². The van der Waals surface area contributed by atoms with E-state index < -0.39 is 0 Å². The van der Waals surface area contributed by atoms with E-state index in [1.807, 2.05) is 0 Å². The molecule has 0 amide bonds. The fourth-order valence-electron chi connectivity index (χ4n) is 2.78. The summed E-state index contributed by atoms with van der Waals surface area (Å²) in [5.74, 6) is 0.830. The van der Waals surface area contributed by atoms with Crippen LogP contribution in [-0.2, 0) is 0 Å². The highest BCUT2D eigenvalue weighted by molar-refractivity contribution is 5.15. The molecule has 1 nitrogen and oxygen atoms in total. The zero-order chi connectivity index (χ0) is 10.9. The fourth-order valence-corrected chi connectivity index (χ4v) is 2.78. The Bertz CT molecular complexity index is 246. The minimum atomic E-state index is 0.525. The Morgan fingerprint density at radius 2 is 2.20 bits per heavy atom. The molecule has 1 fully saturated rings. The SMILES string of the molecule is CC1CC=C(C2CCCN2)CCC1(C)C. The summed E-state index contributed by atoms with van der Waals surface area (Å²) in [7, 11) is 0. The first-order valence-corrected chi connectivity index (χ1v) is 6.52. The van der Waals surface area contributed by atoms with Crippen LogP contribution >= 0.6 is 0 Å². The standard InChI is InChI=1S/C14H25N/c1-11-6-7-12(8-9-14(11,2)3)13-5-4-10-15-13/h7,11,13,15H,4-6,8-10H2,1-3H3. The van der Waals surface area contributed by atoms with Crippen LogP contribution < -0.4 is 5.32 Å². The lowest BCUT2D eigenvalue weighted by atomic mass is 9.76. The van der Waals surface area contributed by atoms with Crippen molar-refractivity contribution < 1.29 is 0 Å². The van der Waals surface area contributed by atoms with Gasteiger partial charge in [0, 0.05) is 6.04 Å². The van der Waals surface area contributed by atoms with E-state index in [1.165, 1.54) is 38.6 Å². The van der Waals surface area contributed by atoms with Crippen LogP contribution in [0.1, 0.15) is 52.9 Å². The molecule has 0 spiro atoms. The maximum atomic E-state index is 3.63. The van der Waals surface area contributed by atoms with Gasteiger partial charge in [-0.3, -0.25) is 0 Å². The largest absolute Gasteiger partial charge is 0.310 e. The topological polar surface area (TPSA) is 12.0 Å². The zero-order valence-corrected chi connectivity index (χ0v) is 10.5. The van der Waals surface area contributed by atoms with Crippen molar-refractivity contribution in [1.29, 1.82) is 0 Å². The van der Waals surface area contributed by atoms with Crippen molar-refractivity contribution in [3.05, 3.63) is 11.6 Å². The van der Waals surface area contributed by atoms with Gasteiger partial charge in [-0.15, -0.1) is 0 Å². The molecule has 2 atom stereocenters. The zero-order valence-electron chi connectivity index (χ0n) is 10.5. The third-order valence-electron chi connectivity index (χ3n) is 4.63. The van der Waals surface area contributed by atoms with Gasteiger partial charge in [0.1, 0.15) is 0 Å². The van der Waals surface area contributed by atoms with E-state index in [0.717, 1.165) is 5.92 Å². The van der Waals surface area contributed by atoms with E-state index in [2.05, 4.69) is 32.2 Å². The Labute approximate surface area is 94.3 Å². The van der Waals surface area contributed by atoms with Crippen molar-refractivity contribution in [2.45, 2.75) is 58.9 Å². The third-order valence-corrected chi connectivity index (χ3v) is 4.63. The molecule has 15 heavy (non-hydrogen) atoms. The van der Waals surface area contributed by atoms with E-state index in [4.69, 9.17) is 0 Å². The molecule has 1 saturated heterocycles. The van der Waals surface area contributed by atoms with Gasteiger partial charge in [-0.25, -0.2) is 0 Å². The van der Waals surface area contributed by atoms with E-state index >= 15 is 0 Å². The molecule has 1 N–H and O–H groups in total. The number of allylic oxidation sites excluding steroid dienone is 1. The lowest BCUT2D eigenvalue weighted by Gasteiger charge is -2.29. The number of rotatable bonds is 1. The number of hydrogen-bond donors (Lipinski definition) is 1. The molecule has 1 heteroatoms. The molecule has 0 aromatic heterocycles. The Balaban J connectivity index is 2.03. The molecular formula is C14H25N. The summed E-state index contributed by atoms with van der Waals surface area (Å²) in [5.41, 5.74) is 2.22. The predicted octanol–water partition coefficient (Wildman–Crippen LogP) is 3.51. The second-order valence-corrected chi connectivity index (χ2v) is 6.05. The molecule has 0 aromatic carbocycles. The molecule has 0 bridgehead atoms. The van der Waals surface area contributed by atoms with Crippen molar-refractivity contribution in [2.24, 2.45) is 11.3 Å². The van der Waals surface area contributed by atoms with Crippen molar-refractivity contribution in [3.8, 4) is 0 Å². The van der Waals surface area contributed by atoms with Gasteiger partial charge < -0.3 is 5.32 Å². The number of nitrogens with one attached hydrogen (secondary N) is 1. The monoisotopic (exact) mass is 207 g/mol. The summed E-state index contributed by atoms with van der Waals surface area (Å²) in [4.78, 5) is 0. The van der Waals surface area contributed by atoms with E-state index in [1.54, 1.807) is 5.57 Å². The normalized spacial score (nSPS) is 36.1. The van der Waals surface area contributed by atoms with Crippen LogP contribution in [-0.4, -0.2) is 12.6 Å². The van der Waals surface area contributed by atoms with Crippen molar-refractivity contribution in [1.82, 2.24) is 5.32 Å². The van der Waals surface area contributed by atoms with E-state index in [9.17, 15) is 0 Å². The number of hydrogen-bond acceptors (Lipinski definition) is 1. The van der Waals surface area contributed by atoms with E-state index in [-0.39, 0.29) is 0 Å². The highest BCUT2D eigenvalue weighted by Gasteiger charge is 2.29. The van der Waals surface area contributed by atoms with Crippen LogP contribution in [0.25, 0.3) is 0 Å². The van der Waals surface area contributed by atoms with Crippen LogP contribution in [0, 0.1) is 11.3 Å². The summed E-state index contributed by atoms with van der Waals surface area (Å²) in [6.45, 7) is 8.48. The molecule has 0 aromatic rings. The molecule has 2 rings (SSSR count). The molecule has 2 unspecified atom stereocenters. The second-order valence-electron chi connectivity index (χ2n) is 6.05. The van der Waals surface area contributed by atoms with Gasteiger partial charge in [0.25, 0.3) is 0 Å². The minimum Gasteiger partial charge on any atom is -0.310 e. The Morgan fingerprint density at radius 1 is 1.40 bits per heavy atom. The Morgan fingerprint density at radius 3 is 2.87 bits per heavy atom. The maximum absolute atomic E-state index is 3.63. The van der Waals surface area contributed by atoms with Gasteiger partial charge >= 0.3 is 0 Å². The maximum Gasteiger partial charge on any atom is 0.0279 e. The van der Waals surface area contributed by atoms with Gasteiger partial charge in [0.05, 0.1) is 0 Å². The molecule has 1 aliphatic heterocycles. The lowest BCUT2D eigenvalue weighted by molar-refractivity contribution is 0.219. The summed E-state index contributed by atoms with van der Waals surface area (Å²) in [6.07, 6.45) is 9.21. The fraction of sp³-hybridized carbons (Fsp3) is 0.857. The molecule has 86 valence electrons. The first kappa shape index (κ1) is 11.2. The first-order valence-electron chi connectivity index (χ1n) is 6.52. The van der Waals surface area contributed by atoms with Crippen molar-refractivity contribution in [3.63, 3.8) is 0 Å². The molecule has 0 saturated carbocycles. The summed E-state index contributed by atoms with van der Waals surface area (Å²) >= 11 is 0. The van der Waals surface area contributed by atoms with Gasteiger partial charge in [-0.05, 0) is 50.0 Å². The van der Waals surface area contributed by atoms with Crippen LogP contribution in [0.3, 0.4) is 0 Å². The molecule has 1 heterocycles.